The van der Waals surface area contributed by atoms with E-state index in [-0.39, 0.29) is 11.8 Å². The molecule has 134 valence electrons. The fourth-order valence-corrected chi connectivity index (χ4v) is 2.42. The minimum Gasteiger partial charge on any atom is -0.457 e. The first-order valence-electron chi connectivity index (χ1n) is 8.32. The third-order valence-electron chi connectivity index (χ3n) is 3.96. The summed E-state index contributed by atoms with van der Waals surface area (Å²) in [7, 11) is 0. The Morgan fingerprint density at radius 2 is 1.64 bits per heavy atom. The number of halogens is 1. The maximum absolute atomic E-state index is 11.6. The lowest BCUT2D eigenvalue weighted by Crippen LogP contribution is -2.33. The summed E-state index contributed by atoms with van der Waals surface area (Å²) in [4.78, 5) is 11.6. The van der Waals surface area contributed by atoms with Gasteiger partial charge in [-0.15, -0.1) is 0 Å². The average molecular weight is 362 g/mol. The van der Waals surface area contributed by atoms with Crippen molar-refractivity contribution in [3.8, 4) is 11.5 Å². The van der Waals surface area contributed by atoms with Gasteiger partial charge >= 0.3 is 0 Å². The molecule has 25 heavy (non-hydrogen) atoms. The summed E-state index contributed by atoms with van der Waals surface area (Å²) < 4.78 is 5.74. The van der Waals surface area contributed by atoms with Crippen LogP contribution in [0.4, 0.5) is 0 Å². The summed E-state index contributed by atoms with van der Waals surface area (Å²) in [6, 6.07) is 14.4. The lowest BCUT2D eigenvalue weighted by atomic mass is 9.92. The maximum Gasteiger partial charge on any atom is 0.222 e. The summed E-state index contributed by atoms with van der Waals surface area (Å²) >= 11 is 5.85. The van der Waals surface area contributed by atoms with Gasteiger partial charge in [0, 0.05) is 17.5 Å². The van der Waals surface area contributed by atoms with Gasteiger partial charge in [-0.05, 0) is 55.3 Å². The highest BCUT2D eigenvalue weighted by molar-refractivity contribution is 6.30. The molecule has 1 atom stereocenters. The topological polar surface area (TPSA) is 58.6 Å². The second kappa shape index (κ2) is 8.37. The molecule has 0 saturated carbocycles. The van der Waals surface area contributed by atoms with Gasteiger partial charge in [-0.25, -0.2) is 0 Å². The maximum atomic E-state index is 11.6. The van der Waals surface area contributed by atoms with Crippen LogP contribution in [0.2, 0.25) is 5.02 Å². The highest BCUT2D eigenvalue weighted by Gasteiger charge is 2.23. The lowest BCUT2D eigenvalue weighted by molar-refractivity contribution is -0.124. The van der Waals surface area contributed by atoms with Gasteiger partial charge in [-0.2, -0.15) is 0 Å². The smallest absolute Gasteiger partial charge is 0.222 e. The number of benzene rings is 2. The van der Waals surface area contributed by atoms with Crippen LogP contribution in [-0.2, 0) is 10.4 Å². The molecule has 0 spiro atoms. The number of carbonyl (C=O) groups is 1. The van der Waals surface area contributed by atoms with Gasteiger partial charge in [0.2, 0.25) is 5.91 Å². The first-order valence-corrected chi connectivity index (χ1v) is 8.70. The number of amides is 1. The number of nitrogens with one attached hydrogen (secondary N) is 1. The van der Waals surface area contributed by atoms with E-state index < -0.39 is 5.60 Å². The van der Waals surface area contributed by atoms with Crippen LogP contribution < -0.4 is 10.1 Å². The zero-order valence-corrected chi connectivity index (χ0v) is 15.5. The second-order valence-electron chi connectivity index (χ2n) is 6.55. The Kier molecular flexibility index (Phi) is 6.45. The van der Waals surface area contributed by atoms with Crippen molar-refractivity contribution in [1.82, 2.24) is 5.32 Å². The van der Waals surface area contributed by atoms with Gasteiger partial charge in [-0.3, -0.25) is 4.79 Å². The van der Waals surface area contributed by atoms with Crippen LogP contribution in [0.3, 0.4) is 0 Å². The van der Waals surface area contributed by atoms with Gasteiger partial charge in [0.1, 0.15) is 11.5 Å². The third-order valence-corrected chi connectivity index (χ3v) is 4.21. The molecule has 2 aromatic carbocycles. The van der Waals surface area contributed by atoms with E-state index in [0.29, 0.717) is 29.5 Å². The quantitative estimate of drug-likeness (QED) is 0.763. The molecule has 0 fully saturated rings. The fraction of sp³-hybridized carbons (Fsp3) is 0.350. The van der Waals surface area contributed by atoms with E-state index in [1.54, 1.807) is 31.2 Å². The van der Waals surface area contributed by atoms with Crippen LogP contribution >= 0.6 is 11.6 Å². The van der Waals surface area contributed by atoms with E-state index in [4.69, 9.17) is 16.3 Å². The van der Waals surface area contributed by atoms with Crippen molar-refractivity contribution < 1.29 is 14.6 Å². The number of aliphatic hydroxyl groups is 1. The summed E-state index contributed by atoms with van der Waals surface area (Å²) in [6.45, 7) is 5.84. The van der Waals surface area contributed by atoms with E-state index in [2.05, 4.69) is 5.32 Å². The Morgan fingerprint density at radius 3 is 2.16 bits per heavy atom. The molecule has 0 bridgehead atoms. The SMILES string of the molecule is CC(C)C(=O)NCCC(C)(O)c1ccc(Oc2ccc(Cl)cc2)cc1. The molecule has 0 radical (unpaired) electrons. The largest absolute Gasteiger partial charge is 0.457 e. The van der Waals surface area contributed by atoms with Crippen LogP contribution in [0, 0.1) is 5.92 Å². The summed E-state index contributed by atoms with van der Waals surface area (Å²) in [5, 5.41) is 14.1. The molecule has 2 aromatic rings. The monoisotopic (exact) mass is 361 g/mol. The Morgan fingerprint density at radius 1 is 1.12 bits per heavy atom. The molecule has 4 nitrogen and oxygen atoms in total. The van der Waals surface area contributed by atoms with Gasteiger partial charge in [-0.1, -0.05) is 37.6 Å². The van der Waals surface area contributed by atoms with E-state index in [9.17, 15) is 9.90 Å². The lowest BCUT2D eigenvalue weighted by Gasteiger charge is -2.24. The minimum atomic E-state index is -1.02. The molecule has 2 rings (SSSR count). The Balaban J connectivity index is 1.95. The van der Waals surface area contributed by atoms with Crippen molar-refractivity contribution in [2.24, 2.45) is 5.92 Å². The molecule has 0 aliphatic carbocycles. The standard InChI is InChI=1S/C20H24ClNO3/c1-14(2)19(23)22-13-12-20(3,24)15-4-8-17(9-5-15)25-18-10-6-16(21)7-11-18/h4-11,14,24H,12-13H2,1-3H3,(H,22,23). The van der Waals surface area contributed by atoms with Gasteiger partial charge < -0.3 is 15.2 Å². The molecular formula is C20H24ClNO3. The summed E-state index contributed by atoms with van der Waals surface area (Å²) in [5.41, 5.74) is -0.252. The Hall–Kier alpha value is -2.04. The second-order valence-corrected chi connectivity index (χ2v) is 6.99. The minimum absolute atomic E-state index is 0.0116. The zero-order chi connectivity index (χ0) is 18.4. The molecular weight excluding hydrogens is 338 g/mol. The van der Waals surface area contributed by atoms with Gasteiger partial charge in [0.15, 0.2) is 0 Å². The first-order chi connectivity index (χ1) is 11.8. The van der Waals surface area contributed by atoms with E-state index in [1.165, 1.54) is 0 Å². The van der Waals surface area contributed by atoms with Crippen molar-refractivity contribution in [2.75, 3.05) is 6.54 Å². The normalized spacial score (nSPS) is 13.4. The average Bonchev–Trinajstić information content (AvgIpc) is 2.57. The Labute approximate surface area is 153 Å². The third kappa shape index (κ3) is 5.76. The highest BCUT2D eigenvalue weighted by atomic mass is 35.5. The molecule has 0 heterocycles. The van der Waals surface area contributed by atoms with Crippen LogP contribution in [0.25, 0.3) is 0 Å². The molecule has 2 N–H and O–H groups in total. The molecule has 0 saturated heterocycles. The number of ether oxygens (including phenoxy) is 1. The van der Waals surface area contributed by atoms with E-state index in [1.807, 2.05) is 38.1 Å². The van der Waals surface area contributed by atoms with Crippen molar-refractivity contribution in [3.63, 3.8) is 0 Å². The van der Waals surface area contributed by atoms with E-state index in [0.717, 1.165) is 5.56 Å². The molecule has 5 heteroatoms. The number of carbonyl (C=O) groups excluding carboxylic acids is 1. The predicted molar refractivity (Wildman–Crippen MR) is 100 cm³/mol. The fourth-order valence-electron chi connectivity index (χ4n) is 2.30. The molecule has 0 aromatic heterocycles. The van der Waals surface area contributed by atoms with Gasteiger partial charge in [0.05, 0.1) is 5.60 Å². The molecule has 0 aliphatic heterocycles. The molecule has 1 amide bonds. The van der Waals surface area contributed by atoms with Crippen LogP contribution in [0.1, 0.15) is 32.8 Å². The highest BCUT2D eigenvalue weighted by Crippen LogP contribution is 2.28. The summed E-state index contributed by atoms with van der Waals surface area (Å²) in [5.74, 6) is 1.30. The van der Waals surface area contributed by atoms with Crippen molar-refractivity contribution in [1.29, 1.82) is 0 Å². The van der Waals surface area contributed by atoms with E-state index >= 15 is 0 Å². The van der Waals surface area contributed by atoms with Crippen molar-refractivity contribution >= 4 is 17.5 Å². The van der Waals surface area contributed by atoms with Gasteiger partial charge in [0.25, 0.3) is 0 Å². The summed E-state index contributed by atoms with van der Waals surface area (Å²) in [6.07, 6.45) is 0.433. The number of hydrogen-bond acceptors (Lipinski definition) is 3. The first kappa shape index (κ1) is 19.3. The van der Waals surface area contributed by atoms with Crippen LogP contribution in [0.15, 0.2) is 48.5 Å². The molecule has 0 aliphatic rings. The number of hydrogen-bond donors (Lipinski definition) is 2. The van der Waals surface area contributed by atoms with Crippen molar-refractivity contribution in [2.45, 2.75) is 32.8 Å². The predicted octanol–water partition coefficient (Wildman–Crippen LogP) is 4.50. The van der Waals surface area contributed by atoms with Crippen LogP contribution in [0.5, 0.6) is 11.5 Å². The van der Waals surface area contributed by atoms with Crippen molar-refractivity contribution in [3.05, 3.63) is 59.1 Å². The molecule has 1 unspecified atom stereocenters. The zero-order valence-electron chi connectivity index (χ0n) is 14.8. The number of rotatable bonds is 7. The Bertz CT molecular complexity index is 694. The van der Waals surface area contributed by atoms with Crippen LogP contribution in [-0.4, -0.2) is 17.6 Å².